The first-order valence-electron chi connectivity index (χ1n) is 6.05. The summed E-state index contributed by atoms with van der Waals surface area (Å²) < 4.78 is 32.7. The van der Waals surface area contributed by atoms with Crippen molar-refractivity contribution >= 4 is 15.9 Å². The number of aryl methyl sites for hydroxylation is 1. The highest BCUT2D eigenvalue weighted by Gasteiger charge is 2.13. The molecule has 0 radical (unpaired) electrons. The first-order chi connectivity index (χ1) is 9.53. The smallest absolute Gasteiger partial charge is 0.219 e. The molecule has 20 heavy (non-hydrogen) atoms. The molecule has 6 heteroatoms. The van der Waals surface area contributed by atoms with Gasteiger partial charge in [-0.25, -0.2) is 9.37 Å². The van der Waals surface area contributed by atoms with E-state index in [1.54, 1.807) is 6.07 Å². The van der Waals surface area contributed by atoms with Crippen molar-refractivity contribution < 1.29 is 13.5 Å². The molecule has 2 rings (SSSR count). The van der Waals surface area contributed by atoms with E-state index in [-0.39, 0.29) is 11.6 Å². The number of halogens is 3. The summed E-state index contributed by atoms with van der Waals surface area (Å²) >= 11 is 3.09. The van der Waals surface area contributed by atoms with Crippen LogP contribution in [0.1, 0.15) is 18.2 Å². The van der Waals surface area contributed by atoms with Gasteiger partial charge in [0, 0.05) is 22.8 Å². The van der Waals surface area contributed by atoms with Crippen molar-refractivity contribution in [2.24, 2.45) is 5.73 Å². The molecule has 2 aromatic rings. The largest absolute Gasteiger partial charge is 0.436 e. The van der Waals surface area contributed by atoms with Crippen LogP contribution in [0.15, 0.2) is 28.7 Å². The molecule has 0 atom stereocenters. The second kappa shape index (κ2) is 6.28. The van der Waals surface area contributed by atoms with Gasteiger partial charge < -0.3 is 10.5 Å². The average Bonchev–Trinajstić information content (AvgIpc) is 2.43. The molecule has 0 saturated carbocycles. The molecule has 106 valence electrons. The summed E-state index contributed by atoms with van der Waals surface area (Å²) in [6, 6.07) is 5.84. The molecule has 0 aliphatic heterocycles. The number of hydrogen-bond acceptors (Lipinski definition) is 3. The Labute approximate surface area is 123 Å². The molecular formula is C14H13BrF2N2O. The molecule has 0 amide bonds. The lowest BCUT2D eigenvalue weighted by molar-refractivity contribution is 0.403. The maximum atomic E-state index is 13.7. The van der Waals surface area contributed by atoms with Crippen molar-refractivity contribution in [1.82, 2.24) is 4.98 Å². The molecule has 3 nitrogen and oxygen atoms in total. The number of pyridine rings is 1. The molecular weight excluding hydrogens is 330 g/mol. The highest BCUT2D eigenvalue weighted by atomic mass is 79.9. The van der Waals surface area contributed by atoms with E-state index < -0.39 is 11.6 Å². The number of nitrogens with zero attached hydrogens (tertiary/aromatic N) is 1. The molecule has 0 aliphatic carbocycles. The van der Waals surface area contributed by atoms with Crippen LogP contribution >= 0.6 is 15.9 Å². The number of benzene rings is 1. The predicted molar refractivity (Wildman–Crippen MR) is 75.6 cm³/mol. The quantitative estimate of drug-likeness (QED) is 0.856. The molecule has 0 aliphatic rings. The van der Waals surface area contributed by atoms with Crippen LogP contribution in [0, 0.1) is 11.6 Å². The molecule has 0 saturated heterocycles. The Morgan fingerprint density at radius 1 is 1.25 bits per heavy atom. The summed E-state index contributed by atoms with van der Waals surface area (Å²) in [4.78, 5) is 4.21. The summed E-state index contributed by atoms with van der Waals surface area (Å²) in [5.41, 5.74) is 7.19. The van der Waals surface area contributed by atoms with Gasteiger partial charge in [0.1, 0.15) is 0 Å². The number of hydrogen-bond donors (Lipinski definition) is 1. The maximum absolute atomic E-state index is 13.7. The van der Waals surface area contributed by atoms with Crippen molar-refractivity contribution in [3.63, 3.8) is 0 Å². The third-order valence-corrected chi connectivity index (χ3v) is 3.14. The van der Waals surface area contributed by atoms with Crippen LogP contribution in [0.2, 0.25) is 0 Å². The molecule has 0 bridgehead atoms. The summed E-state index contributed by atoms with van der Waals surface area (Å²) in [5, 5.41) is 0. The first-order valence-corrected chi connectivity index (χ1v) is 6.85. The average molecular weight is 343 g/mol. The van der Waals surface area contributed by atoms with Crippen molar-refractivity contribution in [3.8, 4) is 11.6 Å². The number of ether oxygens (including phenoxy) is 1. The Morgan fingerprint density at radius 3 is 2.65 bits per heavy atom. The van der Waals surface area contributed by atoms with Gasteiger partial charge in [-0.3, -0.25) is 0 Å². The molecule has 0 unspecified atom stereocenters. The van der Waals surface area contributed by atoms with Gasteiger partial charge in [0.15, 0.2) is 11.6 Å². The van der Waals surface area contributed by atoms with Gasteiger partial charge >= 0.3 is 0 Å². The van der Waals surface area contributed by atoms with Crippen molar-refractivity contribution in [3.05, 3.63) is 51.6 Å². The molecule has 2 N–H and O–H groups in total. The van der Waals surface area contributed by atoms with E-state index in [9.17, 15) is 8.78 Å². The minimum atomic E-state index is -1.05. The van der Waals surface area contributed by atoms with Gasteiger partial charge in [-0.05, 0) is 30.2 Å². The lowest BCUT2D eigenvalue weighted by atomic mass is 10.2. The lowest BCUT2D eigenvalue weighted by Gasteiger charge is -2.10. The minimum Gasteiger partial charge on any atom is -0.436 e. The van der Waals surface area contributed by atoms with E-state index in [0.29, 0.717) is 17.4 Å². The Bertz CT molecular complexity index is 613. The summed E-state index contributed by atoms with van der Waals surface area (Å²) in [7, 11) is 0. The van der Waals surface area contributed by atoms with E-state index in [1.165, 1.54) is 6.07 Å². The van der Waals surface area contributed by atoms with Crippen LogP contribution in [0.5, 0.6) is 11.6 Å². The van der Waals surface area contributed by atoms with Crippen molar-refractivity contribution in [1.29, 1.82) is 0 Å². The number of nitrogens with two attached hydrogens (primary N) is 1. The predicted octanol–water partition coefficient (Wildman–Crippen LogP) is 3.94. The second-order valence-electron chi connectivity index (χ2n) is 4.16. The maximum Gasteiger partial charge on any atom is 0.219 e. The van der Waals surface area contributed by atoms with E-state index >= 15 is 0 Å². The normalized spacial score (nSPS) is 10.7. The summed E-state index contributed by atoms with van der Waals surface area (Å²) in [6.07, 6.45) is 0.694. The fourth-order valence-electron chi connectivity index (χ4n) is 1.69. The van der Waals surface area contributed by atoms with Gasteiger partial charge in [-0.1, -0.05) is 22.9 Å². The van der Waals surface area contributed by atoms with E-state index in [4.69, 9.17) is 10.5 Å². The minimum absolute atomic E-state index is 0.196. The number of rotatable bonds is 4. The molecule has 0 fully saturated rings. The third kappa shape index (κ3) is 3.32. The standard InChI is InChI=1S/C14H13BrF2N2O/c1-2-10-3-8(7-18)4-13(19-10)20-12-6-9(15)5-11(16)14(12)17/h3-6H,2,7,18H2,1H3. The van der Waals surface area contributed by atoms with E-state index in [2.05, 4.69) is 20.9 Å². The zero-order valence-electron chi connectivity index (χ0n) is 10.8. The van der Waals surface area contributed by atoms with E-state index in [0.717, 1.165) is 17.3 Å². The first kappa shape index (κ1) is 14.9. The Balaban J connectivity index is 2.39. The topological polar surface area (TPSA) is 48.1 Å². The van der Waals surface area contributed by atoms with Crippen LogP contribution in [0.4, 0.5) is 8.78 Å². The van der Waals surface area contributed by atoms with Gasteiger partial charge in [0.05, 0.1) is 0 Å². The van der Waals surface area contributed by atoms with Gasteiger partial charge in [0.2, 0.25) is 11.7 Å². The Kier molecular flexibility index (Phi) is 4.67. The van der Waals surface area contributed by atoms with Crippen LogP contribution in [-0.2, 0) is 13.0 Å². The van der Waals surface area contributed by atoms with Gasteiger partial charge in [0.25, 0.3) is 0 Å². The number of aromatic nitrogens is 1. The van der Waals surface area contributed by atoms with Crippen LogP contribution in [0.25, 0.3) is 0 Å². The molecule has 0 spiro atoms. The van der Waals surface area contributed by atoms with Crippen LogP contribution in [-0.4, -0.2) is 4.98 Å². The van der Waals surface area contributed by atoms with Gasteiger partial charge in [-0.15, -0.1) is 0 Å². The third-order valence-electron chi connectivity index (χ3n) is 2.69. The van der Waals surface area contributed by atoms with Crippen molar-refractivity contribution in [2.45, 2.75) is 19.9 Å². The fourth-order valence-corrected chi connectivity index (χ4v) is 2.10. The van der Waals surface area contributed by atoms with E-state index in [1.807, 2.05) is 13.0 Å². The zero-order valence-corrected chi connectivity index (χ0v) is 12.4. The fraction of sp³-hybridized carbons (Fsp3) is 0.214. The van der Waals surface area contributed by atoms with Crippen LogP contribution < -0.4 is 10.5 Å². The monoisotopic (exact) mass is 342 g/mol. The van der Waals surface area contributed by atoms with Crippen molar-refractivity contribution in [2.75, 3.05) is 0 Å². The summed E-state index contributed by atoms with van der Waals surface area (Å²) in [6.45, 7) is 2.26. The second-order valence-corrected chi connectivity index (χ2v) is 5.08. The molecule has 1 heterocycles. The highest BCUT2D eigenvalue weighted by molar-refractivity contribution is 9.10. The zero-order chi connectivity index (χ0) is 14.7. The SMILES string of the molecule is CCc1cc(CN)cc(Oc2cc(Br)cc(F)c2F)n1. The Hall–Kier alpha value is -1.53. The summed E-state index contributed by atoms with van der Waals surface area (Å²) in [5.74, 6) is -2.06. The molecule has 1 aromatic carbocycles. The lowest BCUT2D eigenvalue weighted by Crippen LogP contribution is -2.01. The molecule has 1 aromatic heterocycles. The highest BCUT2D eigenvalue weighted by Crippen LogP contribution is 2.29. The van der Waals surface area contributed by atoms with Crippen LogP contribution in [0.3, 0.4) is 0 Å². The van der Waals surface area contributed by atoms with Gasteiger partial charge in [-0.2, -0.15) is 4.39 Å². The Morgan fingerprint density at radius 2 is 2.00 bits per heavy atom.